The molecule has 320 valence electrons. The molecule has 0 spiro atoms. The number of rotatable bonds is 11. The summed E-state index contributed by atoms with van der Waals surface area (Å²) in [5.41, 5.74) is 6.00. The second-order valence-corrected chi connectivity index (χ2v) is 15.1. The molecule has 3 heterocycles. The molecule has 60 heavy (non-hydrogen) atoms. The van der Waals surface area contributed by atoms with E-state index >= 15 is 0 Å². The van der Waals surface area contributed by atoms with E-state index < -0.39 is 47.3 Å². The molecule has 0 aliphatic carbocycles. The molecule has 2 N–H and O–H groups in total. The number of allylic oxidation sites excluding steroid dienone is 4. The lowest BCUT2D eigenvalue weighted by atomic mass is 9.78. The Kier molecular flexibility index (Phi) is 15.4. The third-order valence-corrected chi connectivity index (χ3v) is 9.22. The quantitative estimate of drug-likeness (QED) is 0.114. The van der Waals surface area contributed by atoms with Gasteiger partial charge >= 0.3 is 29.8 Å². The molecule has 0 saturated heterocycles. The van der Waals surface area contributed by atoms with E-state index in [1.54, 1.807) is 100 Å². The minimum Gasteiger partial charge on any atom is -0.466 e. The fourth-order valence-corrected chi connectivity index (χ4v) is 6.98. The van der Waals surface area contributed by atoms with Crippen LogP contribution < -0.4 is 10.6 Å². The maximum atomic E-state index is 13.0. The van der Waals surface area contributed by atoms with E-state index in [-0.39, 0.29) is 19.3 Å². The highest BCUT2D eigenvalue weighted by atomic mass is 16.6. The van der Waals surface area contributed by atoms with Crippen LogP contribution in [0.1, 0.15) is 105 Å². The van der Waals surface area contributed by atoms with Crippen LogP contribution in [0.2, 0.25) is 0 Å². The predicted octanol–water partition coefficient (Wildman–Crippen LogP) is 6.98. The zero-order valence-corrected chi connectivity index (χ0v) is 36.2. The lowest BCUT2D eigenvalue weighted by Gasteiger charge is -2.31. The first-order chi connectivity index (χ1) is 28.3. The lowest BCUT2D eigenvalue weighted by Crippen LogP contribution is -2.33. The van der Waals surface area contributed by atoms with Gasteiger partial charge in [0.05, 0.1) is 60.6 Å². The van der Waals surface area contributed by atoms with Crippen molar-refractivity contribution in [1.82, 2.24) is 20.9 Å². The normalized spacial score (nSPS) is 16.0. The van der Waals surface area contributed by atoms with Gasteiger partial charge in [0.1, 0.15) is 16.6 Å². The summed E-state index contributed by atoms with van der Waals surface area (Å²) >= 11 is 0. The number of carbonyl (C=O) groups is 5. The lowest BCUT2D eigenvalue weighted by molar-refractivity contribution is -0.148. The number of ether oxygens (including phenoxy) is 5. The largest absolute Gasteiger partial charge is 0.466 e. The van der Waals surface area contributed by atoms with Crippen molar-refractivity contribution in [2.24, 2.45) is 0 Å². The Morgan fingerprint density at radius 3 is 1.73 bits per heavy atom. The summed E-state index contributed by atoms with van der Waals surface area (Å²) < 4.78 is 31.3. The molecule has 15 nitrogen and oxygen atoms in total. The van der Waals surface area contributed by atoms with Crippen molar-refractivity contribution in [3.63, 3.8) is 0 Å². The molecule has 2 aliphatic rings. The molecule has 1 atom stereocenters. The number of esters is 5. The summed E-state index contributed by atoms with van der Waals surface area (Å²) in [6.07, 6.45) is 2.66. The van der Waals surface area contributed by atoms with Crippen molar-refractivity contribution in [2.45, 2.75) is 99.7 Å². The Bertz CT molecular complexity index is 2260. The fraction of sp³-hybridized carbons (Fsp3) is 0.400. The van der Waals surface area contributed by atoms with Crippen LogP contribution in [0, 0.1) is 0 Å². The topological polar surface area (TPSA) is 194 Å². The Labute approximate surface area is 349 Å². The Hall–Kier alpha value is -6.51. The molecular weight excluding hydrogens is 773 g/mol. The number of carbonyl (C=O) groups excluding carboxylic acids is 5. The molecule has 2 aliphatic heterocycles. The summed E-state index contributed by atoms with van der Waals surface area (Å²) in [7, 11) is 1.30. The summed E-state index contributed by atoms with van der Waals surface area (Å²) in [5, 5.41) is 14.0. The molecule has 5 rings (SSSR count). The second-order valence-electron chi connectivity index (χ2n) is 15.1. The van der Waals surface area contributed by atoms with Gasteiger partial charge in [0.15, 0.2) is 0 Å². The van der Waals surface area contributed by atoms with E-state index in [2.05, 4.69) is 20.9 Å². The minimum atomic E-state index is -0.733. The number of methoxy groups -OCH3 is 1. The van der Waals surface area contributed by atoms with Crippen LogP contribution in [0.15, 0.2) is 98.3 Å². The summed E-state index contributed by atoms with van der Waals surface area (Å²) in [5.74, 6) is -4.04. The van der Waals surface area contributed by atoms with Crippen LogP contribution in [0.4, 0.5) is 0 Å². The van der Waals surface area contributed by atoms with Gasteiger partial charge in [-0.25, -0.2) is 28.6 Å². The SMILES string of the molecule is CCOC(=O)C1=C(C)NC(C)=C(C(=O)OCC)C1c1ccccc1/C=C/C(=O)OC(C)(C)C.COC(=O)C1=C(C)NC(C)=C(C(=O)OC(C)C)C1c1cccc2nonc12. The first kappa shape index (κ1) is 46.2. The maximum Gasteiger partial charge on any atom is 0.337 e. The van der Waals surface area contributed by atoms with Crippen molar-refractivity contribution in [2.75, 3.05) is 20.3 Å². The Balaban J connectivity index is 0.000000269. The third-order valence-electron chi connectivity index (χ3n) is 9.22. The molecule has 0 radical (unpaired) electrons. The van der Waals surface area contributed by atoms with Crippen LogP contribution in [0.3, 0.4) is 0 Å². The first-order valence-corrected chi connectivity index (χ1v) is 19.6. The standard InChI is InChI=1S/C26H33NO6.C19H21N3O5/c1-8-31-24(29)21-16(3)27-17(4)22(25(30)32-9-2)23(21)19-13-11-10-12-18(19)14-15-20(28)33-26(5,6)7;1-9(2)26-19(24)15-11(4)20-10(3)14(18(23)25-5)16(15)12-7-6-8-13-17(12)22-27-21-13/h10-15,23,27H,8-9H2,1-7H3;6-9,16,20H,1-5H3/b15-14+;. The molecule has 0 saturated carbocycles. The number of fused-ring (bicyclic) bond motifs is 1. The van der Waals surface area contributed by atoms with E-state index in [1.807, 2.05) is 24.3 Å². The monoisotopic (exact) mass is 826 g/mol. The van der Waals surface area contributed by atoms with E-state index in [1.165, 1.54) is 13.2 Å². The number of nitrogens with zero attached hydrogens (tertiary/aromatic N) is 2. The van der Waals surface area contributed by atoms with Crippen molar-refractivity contribution in [3.8, 4) is 0 Å². The minimum absolute atomic E-state index is 0.194. The molecule has 0 amide bonds. The molecular formula is C45H54N4O11. The Morgan fingerprint density at radius 1 is 0.717 bits per heavy atom. The Morgan fingerprint density at radius 2 is 1.22 bits per heavy atom. The molecule has 3 aromatic rings. The van der Waals surface area contributed by atoms with Gasteiger partial charge in [0.2, 0.25) is 0 Å². The van der Waals surface area contributed by atoms with Gasteiger partial charge in [-0.2, -0.15) is 0 Å². The van der Waals surface area contributed by atoms with Gasteiger partial charge in [-0.05, 0) is 115 Å². The highest BCUT2D eigenvalue weighted by Gasteiger charge is 2.40. The van der Waals surface area contributed by atoms with Gasteiger partial charge in [0.25, 0.3) is 0 Å². The number of nitrogens with one attached hydrogen (secondary N) is 2. The van der Waals surface area contributed by atoms with E-state index in [9.17, 15) is 24.0 Å². The molecule has 0 bridgehead atoms. The van der Waals surface area contributed by atoms with Crippen LogP contribution in [0.25, 0.3) is 17.1 Å². The zero-order chi connectivity index (χ0) is 44.5. The van der Waals surface area contributed by atoms with Gasteiger partial charge < -0.3 is 34.3 Å². The highest BCUT2D eigenvalue weighted by Crippen LogP contribution is 2.42. The van der Waals surface area contributed by atoms with Crippen molar-refractivity contribution in [1.29, 1.82) is 0 Å². The van der Waals surface area contributed by atoms with E-state index in [4.69, 9.17) is 28.3 Å². The number of benzene rings is 2. The maximum absolute atomic E-state index is 13.0. The molecule has 15 heteroatoms. The molecule has 2 aromatic carbocycles. The first-order valence-electron chi connectivity index (χ1n) is 19.6. The number of dihydropyridines is 2. The molecule has 1 aromatic heterocycles. The second kappa shape index (κ2) is 20.0. The number of aromatic nitrogens is 2. The third kappa shape index (κ3) is 10.8. The van der Waals surface area contributed by atoms with Gasteiger partial charge in [-0.3, -0.25) is 0 Å². The number of hydrogen-bond acceptors (Lipinski definition) is 15. The number of hydrogen-bond donors (Lipinski definition) is 2. The van der Waals surface area contributed by atoms with Gasteiger partial charge in [0, 0.05) is 28.9 Å². The highest BCUT2D eigenvalue weighted by molar-refractivity contribution is 6.02. The van der Waals surface area contributed by atoms with Crippen LogP contribution in [-0.2, 0) is 47.7 Å². The van der Waals surface area contributed by atoms with E-state index in [0.29, 0.717) is 72.8 Å². The average Bonchev–Trinajstić information content (AvgIpc) is 3.65. The molecule has 1 unspecified atom stereocenters. The van der Waals surface area contributed by atoms with Crippen molar-refractivity contribution >= 4 is 47.0 Å². The summed E-state index contributed by atoms with van der Waals surface area (Å²) in [6.45, 7) is 19.8. The van der Waals surface area contributed by atoms with Gasteiger partial charge in [-0.1, -0.05) is 36.4 Å². The van der Waals surface area contributed by atoms with Crippen molar-refractivity contribution < 1.29 is 52.3 Å². The summed E-state index contributed by atoms with van der Waals surface area (Å²) in [6, 6.07) is 12.6. The molecule has 0 fully saturated rings. The van der Waals surface area contributed by atoms with Crippen LogP contribution in [0.5, 0.6) is 0 Å². The summed E-state index contributed by atoms with van der Waals surface area (Å²) in [4.78, 5) is 63.7. The smallest absolute Gasteiger partial charge is 0.337 e. The zero-order valence-electron chi connectivity index (χ0n) is 36.2. The van der Waals surface area contributed by atoms with Crippen LogP contribution >= 0.6 is 0 Å². The van der Waals surface area contributed by atoms with Gasteiger partial charge in [-0.15, -0.1) is 0 Å². The predicted molar refractivity (Wildman–Crippen MR) is 222 cm³/mol. The van der Waals surface area contributed by atoms with E-state index in [0.717, 1.165) is 0 Å². The van der Waals surface area contributed by atoms with Crippen molar-refractivity contribution in [3.05, 3.63) is 110 Å². The van der Waals surface area contributed by atoms with Crippen LogP contribution in [-0.4, -0.2) is 72.2 Å². The fourth-order valence-electron chi connectivity index (χ4n) is 6.98. The average molecular weight is 827 g/mol.